The molecule has 0 spiro atoms. The smallest absolute Gasteiger partial charge is 0.171 e. The molecule has 4 rings (SSSR count). The molecule has 0 fully saturated rings. The monoisotopic (exact) mass is 320 g/mol. The number of hydrogen-bond acceptors (Lipinski definition) is 3. The molecular formula is C21H20O3. The average molecular weight is 320 g/mol. The quantitative estimate of drug-likeness (QED) is 0.789. The van der Waals surface area contributed by atoms with Crippen molar-refractivity contribution >= 4 is 5.78 Å². The van der Waals surface area contributed by atoms with Crippen LogP contribution in [0.3, 0.4) is 0 Å². The van der Waals surface area contributed by atoms with Gasteiger partial charge in [-0.3, -0.25) is 4.79 Å². The summed E-state index contributed by atoms with van der Waals surface area (Å²) in [5, 5.41) is 0. The molecule has 2 aliphatic carbocycles. The van der Waals surface area contributed by atoms with Crippen molar-refractivity contribution in [2.24, 2.45) is 5.92 Å². The van der Waals surface area contributed by atoms with Crippen LogP contribution in [0.25, 0.3) is 0 Å². The van der Waals surface area contributed by atoms with Crippen LogP contribution in [0.1, 0.15) is 39.7 Å². The Morgan fingerprint density at radius 1 is 1.04 bits per heavy atom. The number of ether oxygens (including phenoxy) is 2. The largest absolute Gasteiger partial charge is 0.497 e. The average Bonchev–Trinajstić information content (AvgIpc) is 2.94. The lowest BCUT2D eigenvalue weighted by Crippen LogP contribution is -2.24. The third kappa shape index (κ3) is 2.15. The molecule has 0 amide bonds. The Hall–Kier alpha value is -2.55. The van der Waals surface area contributed by atoms with Crippen molar-refractivity contribution < 1.29 is 14.3 Å². The summed E-state index contributed by atoms with van der Waals surface area (Å²) in [7, 11) is 3.24. The number of benzene rings is 2. The molecule has 0 unspecified atom stereocenters. The van der Waals surface area contributed by atoms with Crippen LogP contribution in [-0.4, -0.2) is 20.0 Å². The van der Waals surface area contributed by atoms with Gasteiger partial charge in [0.25, 0.3) is 0 Å². The molecule has 2 aromatic carbocycles. The van der Waals surface area contributed by atoms with E-state index < -0.39 is 0 Å². The summed E-state index contributed by atoms with van der Waals surface area (Å²) < 4.78 is 10.9. The van der Waals surface area contributed by atoms with Crippen molar-refractivity contribution in [3.8, 4) is 11.5 Å². The van der Waals surface area contributed by atoms with E-state index in [2.05, 4.69) is 24.3 Å². The fraction of sp³-hybridized carbons (Fsp3) is 0.286. The predicted molar refractivity (Wildman–Crippen MR) is 93.0 cm³/mol. The molecule has 0 heterocycles. The first-order valence-corrected chi connectivity index (χ1v) is 8.26. The summed E-state index contributed by atoms with van der Waals surface area (Å²) in [6.45, 7) is 0. The highest BCUT2D eigenvalue weighted by molar-refractivity contribution is 6.06. The van der Waals surface area contributed by atoms with E-state index in [9.17, 15) is 4.79 Å². The first-order valence-electron chi connectivity index (χ1n) is 8.26. The van der Waals surface area contributed by atoms with Crippen molar-refractivity contribution in [2.75, 3.05) is 14.2 Å². The summed E-state index contributed by atoms with van der Waals surface area (Å²) >= 11 is 0. The highest BCUT2D eigenvalue weighted by atomic mass is 16.5. The van der Waals surface area contributed by atoms with Crippen LogP contribution in [0.15, 0.2) is 54.6 Å². The van der Waals surface area contributed by atoms with Gasteiger partial charge in [-0.05, 0) is 29.5 Å². The SMILES string of the molecule is COc1cc(OC)c2c(c1)[C@H]1C=CC[C@H](c3ccccc3)[C@H]1C2=O. The molecule has 0 saturated carbocycles. The Bertz CT molecular complexity index is 807. The lowest BCUT2D eigenvalue weighted by Gasteiger charge is -2.29. The van der Waals surface area contributed by atoms with Gasteiger partial charge in [0.15, 0.2) is 5.78 Å². The minimum absolute atomic E-state index is 0.0617. The van der Waals surface area contributed by atoms with Crippen LogP contribution in [0.4, 0.5) is 0 Å². The van der Waals surface area contributed by atoms with E-state index in [0.29, 0.717) is 5.75 Å². The molecule has 3 nitrogen and oxygen atoms in total. The third-order valence-corrected chi connectivity index (χ3v) is 5.25. The van der Waals surface area contributed by atoms with Crippen LogP contribution in [0.5, 0.6) is 11.5 Å². The predicted octanol–water partition coefficient (Wildman–Crippen LogP) is 4.34. The minimum Gasteiger partial charge on any atom is -0.497 e. The number of methoxy groups -OCH3 is 2. The number of hydrogen-bond donors (Lipinski definition) is 0. The molecule has 122 valence electrons. The van der Waals surface area contributed by atoms with Crippen LogP contribution >= 0.6 is 0 Å². The summed E-state index contributed by atoms with van der Waals surface area (Å²) in [5.74, 6) is 1.77. The van der Waals surface area contributed by atoms with E-state index in [4.69, 9.17) is 9.47 Å². The van der Waals surface area contributed by atoms with E-state index >= 15 is 0 Å². The van der Waals surface area contributed by atoms with Crippen LogP contribution < -0.4 is 9.47 Å². The van der Waals surface area contributed by atoms with Gasteiger partial charge in [0, 0.05) is 17.9 Å². The van der Waals surface area contributed by atoms with Gasteiger partial charge in [0.1, 0.15) is 11.5 Å². The molecule has 0 aliphatic heterocycles. The van der Waals surface area contributed by atoms with E-state index in [1.807, 2.05) is 24.3 Å². The topological polar surface area (TPSA) is 35.5 Å². The van der Waals surface area contributed by atoms with E-state index in [1.54, 1.807) is 20.3 Å². The second kappa shape index (κ2) is 5.82. The molecule has 0 bridgehead atoms. The molecule has 0 saturated heterocycles. The van der Waals surface area contributed by atoms with Crippen LogP contribution in [0.2, 0.25) is 0 Å². The number of ketones is 1. The number of carbonyl (C=O) groups excluding carboxylic acids is 1. The molecular weight excluding hydrogens is 300 g/mol. The first kappa shape index (κ1) is 15.0. The van der Waals surface area contributed by atoms with Gasteiger partial charge in [-0.2, -0.15) is 0 Å². The zero-order valence-electron chi connectivity index (χ0n) is 13.9. The summed E-state index contributed by atoms with van der Waals surface area (Å²) in [6.07, 6.45) is 5.27. The normalized spacial score (nSPS) is 24.4. The summed E-state index contributed by atoms with van der Waals surface area (Å²) in [4.78, 5) is 13.2. The Labute approximate surface area is 141 Å². The summed E-state index contributed by atoms with van der Waals surface area (Å²) in [5.41, 5.74) is 2.97. The van der Waals surface area contributed by atoms with Crippen molar-refractivity contribution in [2.45, 2.75) is 18.3 Å². The number of fused-ring (bicyclic) bond motifs is 3. The second-order valence-electron chi connectivity index (χ2n) is 6.39. The lowest BCUT2D eigenvalue weighted by atomic mass is 9.73. The molecule has 0 radical (unpaired) electrons. The molecule has 2 aliphatic rings. The Balaban J connectivity index is 1.84. The Morgan fingerprint density at radius 2 is 1.83 bits per heavy atom. The van der Waals surface area contributed by atoms with Gasteiger partial charge >= 0.3 is 0 Å². The number of carbonyl (C=O) groups is 1. The molecule has 3 heteroatoms. The number of allylic oxidation sites excluding steroid dienone is 2. The lowest BCUT2D eigenvalue weighted by molar-refractivity contribution is 0.0904. The van der Waals surface area contributed by atoms with E-state index in [1.165, 1.54) is 5.56 Å². The van der Waals surface area contributed by atoms with Crippen molar-refractivity contribution in [1.29, 1.82) is 0 Å². The van der Waals surface area contributed by atoms with Gasteiger partial charge in [0.2, 0.25) is 0 Å². The van der Waals surface area contributed by atoms with E-state index in [0.717, 1.165) is 23.3 Å². The molecule has 0 aromatic heterocycles. The first-order chi connectivity index (χ1) is 11.7. The molecule has 0 N–H and O–H groups in total. The fourth-order valence-electron chi connectivity index (χ4n) is 4.16. The minimum atomic E-state index is -0.0617. The zero-order chi connectivity index (χ0) is 16.7. The van der Waals surface area contributed by atoms with Crippen molar-refractivity contribution in [3.05, 3.63) is 71.3 Å². The van der Waals surface area contributed by atoms with Gasteiger partial charge < -0.3 is 9.47 Å². The fourth-order valence-corrected chi connectivity index (χ4v) is 4.16. The maximum atomic E-state index is 13.2. The molecule has 3 atom stereocenters. The van der Waals surface area contributed by atoms with Gasteiger partial charge in [0.05, 0.1) is 19.8 Å². The second-order valence-corrected chi connectivity index (χ2v) is 6.39. The van der Waals surface area contributed by atoms with Gasteiger partial charge in [-0.15, -0.1) is 0 Å². The third-order valence-electron chi connectivity index (χ3n) is 5.25. The van der Waals surface area contributed by atoms with Gasteiger partial charge in [-0.25, -0.2) is 0 Å². The highest BCUT2D eigenvalue weighted by Crippen LogP contribution is 2.52. The van der Waals surface area contributed by atoms with Gasteiger partial charge in [-0.1, -0.05) is 42.5 Å². The molecule has 24 heavy (non-hydrogen) atoms. The van der Waals surface area contributed by atoms with Crippen LogP contribution in [-0.2, 0) is 0 Å². The Morgan fingerprint density at radius 3 is 2.54 bits per heavy atom. The van der Waals surface area contributed by atoms with Crippen molar-refractivity contribution in [1.82, 2.24) is 0 Å². The van der Waals surface area contributed by atoms with Crippen molar-refractivity contribution in [3.63, 3.8) is 0 Å². The van der Waals surface area contributed by atoms with Crippen LogP contribution in [0, 0.1) is 5.92 Å². The van der Waals surface area contributed by atoms with E-state index in [-0.39, 0.29) is 23.5 Å². The highest BCUT2D eigenvalue weighted by Gasteiger charge is 2.46. The summed E-state index contributed by atoms with van der Waals surface area (Å²) in [6, 6.07) is 14.1. The maximum absolute atomic E-state index is 13.2. The maximum Gasteiger partial charge on any atom is 0.171 e. The standard InChI is InChI=1S/C21H20O3/c1-23-14-11-17-16-10-6-9-15(13-7-4-3-5-8-13)19(16)21(22)20(17)18(12-14)24-2/h3-8,10-12,15-16,19H,9H2,1-2H3/t15-,16-,19-/m1/s1. The molecule has 2 aromatic rings. The Kier molecular flexibility index (Phi) is 3.64. The number of rotatable bonds is 3. The zero-order valence-corrected chi connectivity index (χ0v) is 13.9. The number of Topliss-reactive ketones (excluding diaryl/α,β-unsaturated/α-hetero) is 1.